The molecule has 11 heteroatoms. The molecule has 1 saturated heterocycles. The Kier molecular flexibility index (Phi) is 9.75. The second kappa shape index (κ2) is 12.5. The predicted octanol–water partition coefficient (Wildman–Crippen LogP) is 0.899. The second-order valence-corrected chi connectivity index (χ2v) is 7.40. The Morgan fingerprint density at radius 1 is 0.882 bits per heavy atom. The van der Waals surface area contributed by atoms with Gasteiger partial charge in [0.15, 0.2) is 12.2 Å². The van der Waals surface area contributed by atoms with Gasteiger partial charge in [0.05, 0.1) is 0 Å². The Bertz CT molecular complexity index is 929. The zero-order valence-corrected chi connectivity index (χ0v) is 19.2. The molecule has 1 fully saturated rings. The fourth-order valence-corrected chi connectivity index (χ4v) is 3.27. The van der Waals surface area contributed by atoms with E-state index in [0.717, 1.165) is 25.5 Å². The molecule has 1 N–H and O–H groups in total. The molecule has 184 valence electrons. The number of amides is 1. The minimum Gasteiger partial charge on any atom is -0.463 e. The van der Waals surface area contributed by atoms with E-state index in [2.05, 4.69) is 5.32 Å². The fraction of sp³-hybridized carbons (Fsp3) is 0.435. The average Bonchev–Trinajstić information content (AvgIpc) is 2.75. The summed E-state index contributed by atoms with van der Waals surface area (Å²) in [6.07, 6.45) is -2.54. The van der Waals surface area contributed by atoms with Crippen molar-refractivity contribution in [2.45, 2.75) is 58.3 Å². The lowest BCUT2D eigenvalue weighted by Crippen LogP contribution is -2.66. The van der Waals surface area contributed by atoms with E-state index in [0.29, 0.717) is 0 Å². The third kappa shape index (κ3) is 8.32. The molecule has 0 spiro atoms. The van der Waals surface area contributed by atoms with Crippen LogP contribution in [0, 0.1) is 0 Å². The average molecular weight is 477 g/mol. The summed E-state index contributed by atoms with van der Waals surface area (Å²) in [6, 6.07) is 7.73. The first-order valence-electron chi connectivity index (χ1n) is 10.4. The molecule has 1 amide bonds. The first kappa shape index (κ1) is 26.5. The van der Waals surface area contributed by atoms with Gasteiger partial charge in [-0.3, -0.25) is 19.2 Å². The molecule has 0 aliphatic carbocycles. The van der Waals surface area contributed by atoms with Crippen molar-refractivity contribution in [3.05, 3.63) is 42.0 Å². The zero-order chi connectivity index (χ0) is 25.3. The molecule has 0 unspecified atom stereocenters. The molecule has 1 heterocycles. The van der Waals surface area contributed by atoms with E-state index in [1.165, 1.54) is 19.9 Å². The summed E-state index contributed by atoms with van der Waals surface area (Å²) in [5.41, 5.74) is 0.739. The van der Waals surface area contributed by atoms with Crippen LogP contribution in [0.25, 0.3) is 6.08 Å². The Hall–Kier alpha value is -3.73. The molecule has 34 heavy (non-hydrogen) atoms. The van der Waals surface area contributed by atoms with Crippen molar-refractivity contribution in [2.75, 3.05) is 6.61 Å². The molecule has 1 aliphatic rings. The number of rotatable bonds is 8. The normalized spacial score (nSPS) is 24.1. The third-order valence-electron chi connectivity index (χ3n) is 4.51. The number of carbonyl (C=O) groups excluding carboxylic acids is 5. The molecule has 0 bridgehead atoms. The van der Waals surface area contributed by atoms with Crippen LogP contribution in [0.2, 0.25) is 0 Å². The van der Waals surface area contributed by atoms with E-state index in [1.54, 1.807) is 24.3 Å². The second-order valence-electron chi connectivity index (χ2n) is 7.40. The first-order valence-corrected chi connectivity index (χ1v) is 10.4. The summed E-state index contributed by atoms with van der Waals surface area (Å²) in [6.45, 7) is 4.22. The van der Waals surface area contributed by atoms with E-state index in [-0.39, 0.29) is 0 Å². The minimum atomic E-state index is -1.46. The molecule has 0 radical (unpaired) electrons. The quantitative estimate of drug-likeness (QED) is 0.326. The maximum Gasteiger partial charge on any atom is 0.333 e. The van der Waals surface area contributed by atoms with Crippen molar-refractivity contribution in [1.82, 2.24) is 5.32 Å². The molecule has 1 aromatic carbocycles. The summed E-state index contributed by atoms with van der Waals surface area (Å²) in [5.74, 6) is -3.49. The summed E-state index contributed by atoms with van der Waals surface area (Å²) < 4.78 is 26.8. The van der Waals surface area contributed by atoms with E-state index >= 15 is 0 Å². The van der Waals surface area contributed by atoms with Crippen LogP contribution in [0.5, 0.6) is 0 Å². The number of hydrogen-bond acceptors (Lipinski definition) is 10. The highest BCUT2D eigenvalue weighted by atomic mass is 16.7. The summed E-state index contributed by atoms with van der Waals surface area (Å²) >= 11 is 0. The van der Waals surface area contributed by atoms with Gasteiger partial charge in [-0.2, -0.15) is 0 Å². The van der Waals surface area contributed by atoms with Gasteiger partial charge in [0.2, 0.25) is 12.2 Å². The van der Waals surface area contributed by atoms with Gasteiger partial charge in [0.1, 0.15) is 18.8 Å². The maximum atomic E-state index is 12.5. The van der Waals surface area contributed by atoms with E-state index in [1.807, 2.05) is 6.07 Å². The molecular formula is C23H27NO10. The molecule has 1 aliphatic heterocycles. The molecule has 5 atom stereocenters. The van der Waals surface area contributed by atoms with Crippen LogP contribution < -0.4 is 5.32 Å². The number of ether oxygens (including phenoxy) is 5. The van der Waals surface area contributed by atoms with Crippen LogP contribution in [-0.4, -0.2) is 67.0 Å². The molecular weight excluding hydrogens is 450 g/mol. The van der Waals surface area contributed by atoms with Crippen molar-refractivity contribution < 1.29 is 47.7 Å². The fourth-order valence-electron chi connectivity index (χ4n) is 3.27. The van der Waals surface area contributed by atoms with Gasteiger partial charge in [-0.15, -0.1) is 0 Å². The lowest BCUT2D eigenvalue weighted by Gasteiger charge is -2.44. The van der Waals surface area contributed by atoms with Gasteiger partial charge in [0.25, 0.3) is 0 Å². The number of carbonyl (C=O) groups is 5. The highest BCUT2D eigenvalue weighted by Crippen LogP contribution is 2.28. The van der Waals surface area contributed by atoms with Crippen LogP contribution in [0.15, 0.2) is 36.4 Å². The SMILES string of the molecule is CC(=O)N[C@@H]1[C@H](OC(=O)/C=C/c2ccccc2)O[C@H](COC(C)=O)[C@@H](OC(C)=O)[C@H]1OC(C)=O. The van der Waals surface area contributed by atoms with Gasteiger partial charge in [-0.1, -0.05) is 30.3 Å². The van der Waals surface area contributed by atoms with E-state index < -0.39 is 67.0 Å². The highest BCUT2D eigenvalue weighted by Gasteiger charge is 2.52. The molecule has 2 rings (SSSR count). The predicted molar refractivity (Wildman–Crippen MR) is 116 cm³/mol. The monoisotopic (exact) mass is 477 g/mol. The van der Waals surface area contributed by atoms with Crippen molar-refractivity contribution in [3.8, 4) is 0 Å². The zero-order valence-electron chi connectivity index (χ0n) is 19.2. The van der Waals surface area contributed by atoms with Gasteiger partial charge in [-0.25, -0.2) is 4.79 Å². The first-order chi connectivity index (χ1) is 16.1. The van der Waals surface area contributed by atoms with Gasteiger partial charge >= 0.3 is 23.9 Å². The van der Waals surface area contributed by atoms with Gasteiger partial charge < -0.3 is 29.0 Å². The molecule has 1 aromatic rings. The minimum absolute atomic E-state index is 0.397. The number of hydrogen-bond donors (Lipinski definition) is 1. The maximum absolute atomic E-state index is 12.5. The van der Waals surface area contributed by atoms with Crippen molar-refractivity contribution in [1.29, 1.82) is 0 Å². The largest absolute Gasteiger partial charge is 0.463 e. The lowest BCUT2D eigenvalue weighted by molar-refractivity contribution is -0.270. The van der Waals surface area contributed by atoms with E-state index in [4.69, 9.17) is 23.7 Å². The smallest absolute Gasteiger partial charge is 0.333 e. The Labute approximate surface area is 196 Å². The van der Waals surface area contributed by atoms with Gasteiger partial charge in [0, 0.05) is 33.8 Å². The standard InChI is InChI=1S/C23H27NO10/c1-13(25)24-20-22(32-16(4)28)21(31-15(3)27)18(12-30-14(2)26)33-23(20)34-19(29)11-10-17-8-6-5-7-9-17/h5-11,18,20-23H,12H2,1-4H3,(H,24,25)/b11-10+/t18-,20+,21-,22+,23+/m1/s1. The Balaban J connectivity index is 2.35. The van der Waals surface area contributed by atoms with Crippen LogP contribution in [0.4, 0.5) is 0 Å². The summed E-state index contributed by atoms with van der Waals surface area (Å²) in [7, 11) is 0. The van der Waals surface area contributed by atoms with Crippen LogP contribution in [-0.2, 0) is 47.7 Å². The van der Waals surface area contributed by atoms with Crippen molar-refractivity contribution >= 4 is 35.9 Å². The lowest BCUT2D eigenvalue weighted by atomic mass is 9.96. The van der Waals surface area contributed by atoms with Crippen molar-refractivity contribution in [2.24, 2.45) is 0 Å². The van der Waals surface area contributed by atoms with Crippen molar-refractivity contribution in [3.63, 3.8) is 0 Å². The summed E-state index contributed by atoms with van der Waals surface area (Å²) in [4.78, 5) is 59.3. The van der Waals surface area contributed by atoms with Gasteiger partial charge in [-0.05, 0) is 11.6 Å². The van der Waals surface area contributed by atoms with Crippen LogP contribution in [0.3, 0.4) is 0 Å². The number of nitrogens with one attached hydrogen (secondary N) is 1. The van der Waals surface area contributed by atoms with E-state index in [9.17, 15) is 24.0 Å². The molecule has 0 saturated carbocycles. The molecule has 11 nitrogen and oxygen atoms in total. The topological polar surface area (TPSA) is 144 Å². The van der Waals surface area contributed by atoms with Crippen LogP contribution in [0.1, 0.15) is 33.3 Å². The highest BCUT2D eigenvalue weighted by molar-refractivity contribution is 5.87. The number of esters is 4. The van der Waals surface area contributed by atoms with Crippen LogP contribution >= 0.6 is 0 Å². The molecule has 0 aromatic heterocycles. The summed E-state index contributed by atoms with van der Waals surface area (Å²) in [5, 5.41) is 2.51. The Morgan fingerprint density at radius 2 is 1.50 bits per heavy atom. The Morgan fingerprint density at radius 3 is 2.06 bits per heavy atom. The third-order valence-corrected chi connectivity index (χ3v) is 4.51. The number of benzene rings is 1.